The van der Waals surface area contributed by atoms with Crippen molar-refractivity contribution in [2.24, 2.45) is 26.9 Å². The third kappa shape index (κ3) is 19.5. The summed E-state index contributed by atoms with van der Waals surface area (Å²) in [6.45, 7) is 13.9. The highest BCUT2D eigenvalue weighted by Gasteiger charge is 2.47. The number of quaternary nitrogens is 1. The number of carbonyl (C=O) groups excluding carboxylic acids is 3. The molecule has 0 spiro atoms. The fourth-order valence-electron chi connectivity index (χ4n) is 12.8. The van der Waals surface area contributed by atoms with Crippen LogP contribution in [0, 0.1) is 0 Å². The van der Waals surface area contributed by atoms with Gasteiger partial charge in [0, 0.05) is 64.4 Å². The van der Waals surface area contributed by atoms with E-state index < -0.39 is 17.5 Å². The molecule has 2 amide bonds. The van der Waals surface area contributed by atoms with Crippen LogP contribution in [0.2, 0.25) is 0 Å². The number of amides is 2. The van der Waals surface area contributed by atoms with Crippen molar-refractivity contribution >= 4 is 34.6 Å². The number of fused-ring (bicyclic) bond motifs is 4. The van der Waals surface area contributed by atoms with Crippen LogP contribution < -0.4 is 94.8 Å². The number of nitrogens with two attached hydrogens (primary N) is 1. The van der Waals surface area contributed by atoms with Gasteiger partial charge in [-0.15, -0.1) is 0 Å². The molecule has 3 aliphatic heterocycles. The highest BCUT2D eigenvalue weighted by atomic mass is 127. The van der Waals surface area contributed by atoms with Gasteiger partial charge >= 0.3 is 14.5 Å². The van der Waals surface area contributed by atoms with E-state index in [1.807, 2.05) is 92.0 Å². The van der Waals surface area contributed by atoms with Crippen LogP contribution in [0.5, 0.6) is 34.5 Å². The number of likely N-dealkylation sites (N-methyl/N-ethyl adjacent to an activating group) is 2. The Bertz CT molecular complexity index is 4280. The van der Waals surface area contributed by atoms with Crippen molar-refractivity contribution in [3.8, 4) is 34.5 Å². The van der Waals surface area contributed by atoms with Gasteiger partial charge in [0.05, 0.1) is 66.0 Å². The molecule has 3 aliphatic rings. The predicted octanol–water partition coefficient (Wildman–Crippen LogP) is 1.91. The minimum atomic E-state index is -0.814. The van der Waals surface area contributed by atoms with Crippen LogP contribution in [-0.2, 0) is 52.0 Å². The Kier molecular flexibility index (Phi) is 31.7. The van der Waals surface area contributed by atoms with E-state index in [0.717, 1.165) is 69.5 Å². The van der Waals surface area contributed by atoms with E-state index in [4.69, 9.17) is 44.0 Å². The number of aromatic hydroxyl groups is 1. The van der Waals surface area contributed by atoms with Crippen molar-refractivity contribution in [3.63, 3.8) is 0 Å². The number of primary amides is 1. The Morgan fingerprint density at radius 2 is 1.30 bits per heavy atom. The monoisotopic (exact) mass is 1570 g/mol. The van der Waals surface area contributed by atoms with Crippen LogP contribution in [-0.4, -0.2) is 150 Å². The Labute approximate surface area is 636 Å². The number of rotatable bonds is 19. The van der Waals surface area contributed by atoms with Gasteiger partial charge in [0.2, 0.25) is 24.4 Å². The summed E-state index contributed by atoms with van der Waals surface area (Å²) in [7, 11) is 17.9. The minimum Gasteiger partial charge on any atom is -1.00 e. The summed E-state index contributed by atoms with van der Waals surface area (Å²) < 4.78 is 44.8. The van der Waals surface area contributed by atoms with Crippen LogP contribution in [0.25, 0.3) is 11.2 Å². The van der Waals surface area contributed by atoms with Crippen molar-refractivity contribution in [1.82, 2.24) is 28.5 Å². The number of phenols is 1. The van der Waals surface area contributed by atoms with Crippen LogP contribution in [0.3, 0.4) is 0 Å². The number of carbonyl (C=O) groups is 3. The predicted molar refractivity (Wildman–Crippen MR) is 390 cm³/mol. The lowest BCUT2D eigenvalue weighted by Crippen LogP contribution is -3.00. The second-order valence-corrected chi connectivity index (χ2v) is 25.8. The number of methoxy groups -OCH3 is 3. The van der Waals surface area contributed by atoms with Crippen LogP contribution in [0.15, 0.2) is 180 Å². The number of imidazole rings is 1. The first-order chi connectivity index (χ1) is 47.8. The minimum absolute atomic E-state index is 0. The van der Waals surface area contributed by atoms with Crippen LogP contribution in [0.1, 0.15) is 111 Å². The molecule has 5 heterocycles. The number of phenolic OH excluding ortho intramolecular Hbond substituents is 1. The Morgan fingerprint density at radius 3 is 1.80 bits per heavy atom. The molecule has 2 aromatic heterocycles. The number of hydrogen-bond donors (Lipinski definition) is 3. The zero-order valence-corrected chi connectivity index (χ0v) is 64.9. The molecule has 25 heteroatoms. The van der Waals surface area contributed by atoms with Crippen molar-refractivity contribution in [2.75, 3.05) is 87.9 Å². The van der Waals surface area contributed by atoms with Gasteiger partial charge in [-0.25, -0.2) is 14.6 Å². The summed E-state index contributed by atoms with van der Waals surface area (Å²) in [6.07, 6.45) is 2.52. The number of cyclic esters (lactones) is 1. The first-order valence-corrected chi connectivity index (χ1v) is 33.2. The Balaban J connectivity index is 0.000000350. The standard InChI is InChI=1S/C23H32N2O.C22H23NO7.C17H21NO.C8H10N4O2.C8H9NO2.2ClH.HI/c1-18(2)25(5,19(3)4)17-16-23(22(24)26,20-12-8-6-9-13-20)21-14-10-7-11-15-21;1-23-8-7-11-9-14-20(29-10-28-14)21(27-4)15(11)17(23)18-12-5-6-13(25-2)19(26-3)16(12)22(24)30-18;1-18(2)13-14-19-17(15-9-5-3-6-10-15)16-11-7-4-8-12-16;1-10-4-9-6-5(10)7(13)12(3)8(14)11(6)2;1-6(10)9-7-2-4-8(11)5-3-7;;;/h6-15,18-19H,16-17H2,1-5H3,(H-,24,26);5-6,9,17-18H,7-8,10H2,1-4H3;3-12,17H,13-14H2,1-2H3;4H,1-3H3;2-5,11H,1H3,(H,9,10);3*1H/t;17-,18+;;;;;;/m.1....../s1. The molecule has 0 unspecified atom stereocenters. The summed E-state index contributed by atoms with van der Waals surface area (Å²) in [5.74, 6) is 2.15. The van der Waals surface area contributed by atoms with Crippen LogP contribution >= 0.6 is 0 Å². The van der Waals surface area contributed by atoms with Crippen molar-refractivity contribution in [2.45, 2.75) is 83.2 Å². The van der Waals surface area contributed by atoms with E-state index in [1.54, 1.807) is 51.1 Å². The lowest BCUT2D eigenvalue weighted by Gasteiger charge is -2.45. The summed E-state index contributed by atoms with van der Waals surface area (Å²) in [5.41, 5.74) is 13.7. The van der Waals surface area contributed by atoms with Gasteiger partial charge in [-0.3, -0.25) is 28.4 Å². The number of halogens is 3. The van der Waals surface area contributed by atoms with Gasteiger partial charge < -0.3 is 112 Å². The Hall–Kier alpha value is -8.95. The van der Waals surface area contributed by atoms with Crippen LogP contribution in [0.4, 0.5) is 5.69 Å². The molecule has 7 aromatic carbocycles. The first-order valence-electron chi connectivity index (χ1n) is 33.2. The molecule has 103 heavy (non-hydrogen) atoms. The molecule has 12 rings (SSSR count). The van der Waals surface area contributed by atoms with Crippen molar-refractivity contribution in [1.29, 1.82) is 0 Å². The fraction of sp³-hybridized carbons (Fsp3) is 0.359. The average molecular weight is 1570 g/mol. The summed E-state index contributed by atoms with van der Waals surface area (Å²) in [6, 6.07) is 53.4. The number of esters is 1. The number of benzene rings is 7. The first kappa shape index (κ1) is 84.7. The molecule has 0 saturated heterocycles. The number of anilines is 1. The van der Waals surface area contributed by atoms with Gasteiger partial charge in [-0.1, -0.05) is 127 Å². The van der Waals surface area contributed by atoms with Gasteiger partial charge in [0.15, 0.2) is 34.2 Å². The number of hydrogen-bond acceptors (Lipinski definition) is 16. The molecular weight excluding hydrogens is 1470 g/mol. The smallest absolute Gasteiger partial charge is 1.00 e. The molecule has 0 aliphatic carbocycles. The maximum absolute atomic E-state index is 12.9. The highest BCUT2D eigenvalue weighted by Crippen LogP contribution is 2.55. The molecule has 9 aromatic rings. The number of nitrogens with zero attached hydrogens (tertiary/aromatic N) is 7. The molecular formula is C78H98Cl2IN9O13. The second-order valence-electron chi connectivity index (χ2n) is 25.8. The average Bonchev–Trinajstić information content (AvgIpc) is 1.67. The van der Waals surface area contributed by atoms with Crippen molar-refractivity contribution in [3.05, 3.63) is 235 Å². The van der Waals surface area contributed by atoms with E-state index in [1.165, 1.54) is 55.2 Å². The van der Waals surface area contributed by atoms with E-state index in [9.17, 15) is 24.0 Å². The number of ether oxygens (including phenoxy) is 7. The SMILES string of the molecule is CC(=O)Nc1ccc(O)cc1.CC(C)[N+](C)(CCC(C(N)=O)(c1ccccc1)c1ccccc1)C(C)C.CN(C)CCOC(c1ccccc1)c1ccccc1.COc1ccc2c(c1OC)C(=O)O[C@@H]2[C@H]1c2c(cc3c(c2OC)OCO3)CCN1C.Cn1c(=O)c2c(ncn2C)n(C)c1=O.[Cl-].[Cl-].[H+].[H+].[I-]. The van der Waals surface area contributed by atoms with E-state index >= 15 is 0 Å². The van der Waals surface area contributed by atoms with E-state index in [-0.39, 0.29) is 99.4 Å². The van der Waals surface area contributed by atoms with E-state index in [2.05, 4.69) is 117 Å². The molecule has 4 N–H and O–H groups in total. The lowest BCUT2D eigenvalue weighted by molar-refractivity contribution is -0.949. The topological polar surface area (TPSA) is 242 Å². The molecule has 554 valence electrons. The summed E-state index contributed by atoms with van der Waals surface area (Å²) >= 11 is 0. The third-order valence-electron chi connectivity index (χ3n) is 18.9. The quantitative estimate of drug-likeness (QED) is 0.0453. The van der Waals surface area contributed by atoms with Gasteiger partial charge in [-0.05, 0) is 119 Å². The maximum atomic E-state index is 12.9. The second kappa shape index (κ2) is 38.5. The fourth-order valence-corrected chi connectivity index (χ4v) is 12.8. The zero-order valence-electron chi connectivity index (χ0n) is 63.2. The summed E-state index contributed by atoms with van der Waals surface area (Å²) in [5, 5.41) is 11.5. The number of nitrogens with one attached hydrogen (secondary N) is 1. The molecule has 0 bridgehead atoms. The number of aromatic nitrogens is 4. The highest BCUT2D eigenvalue weighted by molar-refractivity contribution is 5.98. The van der Waals surface area contributed by atoms with Gasteiger partial charge in [-0.2, -0.15) is 0 Å². The molecule has 0 fully saturated rings. The molecule has 2 atom stereocenters. The molecule has 0 saturated carbocycles. The Morgan fingerprint density at radius 1 is 0.757 bits per heavy atom. The normalized spacial score (nSPS) is 14.0. The summed E-state index contributed by atoms with van der Waals surface area (Å²) in [4.78, 5) is 67.8. The van der Waals surface area contributed by atoms with Gasteiger partial charge in [0.1, 0.15) is 28.9 Å². The number of aryl methyl sites for hydroxylation is 2. The van der Waals surface area contributed by atoms with Gasteiger partial charge in [0.25, 0.3) is 5.56 Å². The third-order valence-corrected chi connectivity index (χ3v) is 18.9. The lowest BCUT2D eigenvalue weighted by atomic mass is 9.71. The molecule has 22 nitrogen and oxygen atoms in total. The van der Waals surface area contributed by atoms with Crippen molar-refractivity contribution < 1.29 is 109 Å². The molecule has 0 radical (unpaired) electrons. The zero-order chi connectivity index (χ0) is 72.6. The van der Waals surface area contributed by atoms with E-state index in [0.29, 0.717) is 69.7 Å². The largest absolute Gasteiger partial charge is 1.00 e. The maximum Gasteiger partial charge on any atom is 1.00 e.